The monoisotopic (exact) mass is 243 g/mol. The van der Waals surface area contributed by atoms with Crippen molar-refractivity contribution in [2.75, 3.05) is 26.7 Å². The molecule has 0 aliphatic carbocycles. The van der Waals surface area contributed by atoms with Crippen LogP contribution in [0.3, 0.4) is 0 Å². The van der Waals surface area contributed by atoms with E-state index in [0.717, 1.165) is 38.4 Å². The third-order valence-corrected chi connectivity index (χ3v) is 2.87. The molecular weight excluding hydrogens is 214 g/mol. The van der Waals surface area contributed by atoms with E-state index in [1.165, 1.54) is 6.42 Å². The Morgan fingerprint density at radius 3 is 2.35 bits per heavy atom. The lowest BCUT2D eigenvalue weighted by molar-refractivity contribution is -0.120. The Bertz CT molecular complexity index is 207. The van der Waals surface area contributed by atoms with Crippen molar-refractivity contribution in [2.24, 2.45) is 11.7 Å². The van der Waals surface area contributed by atoms with Crippen LogP contribution in [0.2, 0.25) is 0 Å². The van der Waals surface area contributed by atoms with Gasteiger partial charge in [0.1, 0.15) is 0 Å². The molecule has 4 nitrogen and oxygen atoms in total. The van der Waals surface area contributed by atoms with Gasteiger partial charge in [-0.05, 0) is 51.9 Å². The molecule has 1 amide bonds. The highest BCUT2D eigenvalue weighted by molar-refractivity contribution is 5.79. The number of hydrogen-bond donors (Lipinski definition) is 2. The van der Waals surface area contributed by atoms with Gasteiger partial charge in [-0.2, -0.15) is 0 Å². The van der Waals surface area contributed by atoms with Crippen molar-refractivity contribution in [3.8, 4) is 0 Å². The molecule has 17 heavy (non-hydrogen) atoms. The second kappa shape index (κ2) is 9.42. The molecule has 102 valence electrons. The van der Waals surface area contributed by atoms with Crippen molar-refractivity contribution in [3.05, 3.63) is 0 Å². The molecule has 0 rings (SSSR count). The summed E-state index contributed by atoms with van der Waals surface area (Å²) in [6.07, 6.45) is 3.01. The number of amides is 1. The summed E-state index contributed by atoms with van der Waals surface area (Å²) in [5.74, 6) is 0.485. The van der Waals surface area contributed by atoms with Crippen LogP contribution in [0.4, 0.5) is 0 Å². The van der Waals surface area contributed by atoms with Crippen LogP contribution in [0, 0.1) is 5.92 Å². The number of nitrogens with zero attached hydrogens (tertiary/aromatic N) is 1. The maximum Gasteiger partial charge on any atom is 0.234 e. The van der Waals surface area contributed by atoms with Gasteiger partial charge in [0.05, 0.1) is 6.04 Å². The standard InChI is InChI=1S/C13H29N3O/c1-5-8-15-12(13(14)17)7-10-16(4)9-6-11(2)3/h11-12,15H,5-10H2,1-4H3,(H2,14,17). The summed E-state index contributed by atoms with van der Waals surface area (Å²) in [5, 5.41) is 3.19. The summed E-state index contributed by atoms with van der Waals surface area (Å²) in [4.78, 5) is 13.5. The number of carbonyl (C=O) groups excluding carboxylic acids is 1. The molecule has 0 saturated carbocycles. The topological polar surface area (TPSA) is 58.4 Å². The average molecular weight is 243 g/mol. The van der Waals surface area contributed by atoms with Gasteiger partial charge in [-0.1, -0.05) is 20.8 Å². The molecule has 0 bridgehead atoms. The average Bonchev–Trinajstić information content (AvgIpc) is 2.25. The molecule has 4 heteroatoms. The van der Waals surface area contributed by atoms with E-state index in [2.05, 4.69) is 38.0 Å². The second-order valence-electron chi connectivity index (χ2n) is 5.18. The summed E-state index contributed by atoms with van der Waals surface area (Å²) in [6, 6.07) is -0.184. The Balaban J connectivity index is 3.82. The fourth-order valence-electron chi connectivity index (χ4n) is 1.60. The van der Waals surface area contributed by atoms with E-state index >= 15 is 0 Å². The van der Waals surface area contributed by atoms with E-state index in [1.54, 1.807) is 0 Å². The van der Waals surface area contributed by atoms with Crippen LogP contribution >= 0.6 is 0 Å². The van der Waals surface area contributed by atoms with Crippen LogP contribution in [0.5, 0.6) is 0 Å². The first kappa shape index (κ1) is 16.4. The summed E-state index contributed by atoms with van der Waals surface area (Å²) in [5.41, 5.74) is 5.37. The summed E-state index contributed by atoms with van der Waals surface area (Å²) in [6.45, 7) is 9.38. The molecule has 0 aromatic heterocycles. The molecule has 3 N–H and O–H groups in total. The van der Waals surface area contributed by atoms with Gasteiger partial charge in [0.2, 0.25) is 5.91 Å². The van der Waals surface area contributed by atoms with E-state index in [0.29, 0.717) is 0 Å². The summed E-state index contributed by atoms with van der Waals surface area (Å²) >= 11 is 0. The summed E-state index contributed by atoms with van der Waals surface area (Å²) in [7, 11) is 2.10. The molecule has 0 aromatic carbocycles. The lowest BCUT2D eigenvalue weighted by Gasteiger charge is -2.21. The highest BCUT2D eigenvalue weighted by atomic mass is 16.1. The summed E-state index contributed by atoms with van der Waals surface area (Å²) < 4.78 is 0. The van der Waals surface area contributed by atoms with Crippen LogP contribution in [0.25, 0.3) is 0 Å². The molecule has 0 heterocycles. The number of nitrogens with two attached hydrogens (primary N) is 1. The van der Waals surface area contributed by atoms with Gasteiger partial charge >= 0.3 is 0 Å². The van der Waals surface area contributed by atoms with E-state index < -0.39 is 0 Å². The van der Waals surface area contributed by atoms with Gasteiger partial charge in [-0.15, -0.1) is 0 Å². The van der Waals surface area contributed by atoms with E-state index in [4.69, 9.17) is 5.73 Å². The van der Waals surface area contributed by atoms with Crippen molar-refractivity contribution < 1.29 is 4.79 Å². The molecule has 0 fully saturated rings. The van der Waals surface area contributed by atoms with Crippen molar-refractivity contribution in [3.63, 3.8) is 0 Å². The number of primary amides is 1. The van der Waals surface area contributed by atoms with Crippen molar-refractivity contribution in [2.45, 2.75) is 46.1 Å². The Morgan fingerprint density at radius 2 is 1.88 bits per heavy atom. The first-order valence-corrected chi connectivity index (χ1v) is 6.68. The van der Waals surface area contributed by atoms with Gasteiger partial charge in [-0.3, -0.25) is 4.79 Å². The smallest absolute Gasteiger partial charge is 0.234 e. The minimum atomic E-state index is -0.240. The lowest BCUT2D eigenvalue weighted by atomic mass is 10.1. The number of carbonyl (C=O) groups is 1. The minimum Gasteiger partial charge on any atom is -0.368 e. The number of rotatable bonds is 10. The first-order valence-electron chi connectivity index (χ1n) is 6.68. The highest BCUT2D eigenvalue weighted by Crippen LogP contribution is 2.02. The van der Waals surface area contributed by atoms with E-state index in [1.807, 2.05) is 0 Å². The Labute approximate surface area is 106 Å². The molecule has 1 atom stereocenters. The Hall–Kier alpha value is -0.610. The maximum absolute atomic E-state index is 11.2. The van der Waals surface area contributed by atoms with Gasteiger partial charge in [-0.25, -0.2) is 0 Å². The van der Waals surface area contributed by atoms with E-state index in [9.17, 15) is 4.79 Å². The predicted octanol–water partition coefficient (Wildman–Crippen LogP) is 1.21. The first-order chi connectivity index (χ1) is 7.97. The molecule has 0 radical (unpaired) electrons. The molecule has 0 aromatic rings. The van der Waals surface area contributed by atoms with Gasteiger partial charge in [0.25, 0.3) is 0 Å². The number of nitrogens with one attached hydrogen (secondary N) is 1. The lowest BCUT2D eigenvalue weighted by Crippen LogP contribution is -2.43. The van der Waals surface area contributed by atoms with Crippen LogP contribution in [-0.4, -0.2) is 43.5 Å². The molecule has 0 aliphatic heterocycles. The van der Waals surface area contributed by atoms with Gasteiger partial charge < -0.3 is 16.0 Å². The normalized spacial score (nSPS) is 13.3. The second-order valence-corrected chi connectivity index (χ2v) is 5.18. The van der Waals surface area contributed by atoms with Crippen LogP contribution < -0.4 is 11.1 Å². The predicted molar refractivity (Wildman–Crippen MR) is 72.8 cm³/mol. The minimum absolute atomic E-state index is 0.184. The van der Waals surface area contributed by atoms with Gasteiger partial charge in [0, 0.05) is 0 Å². The molecule has 0 spiro atoms. The van der Waals surface area contributed by atoms with Crippen LogP contribution in [0.15, 0.2) is 0 Å². The zero-order valence-electron chi connectivity index (χ0n) is 11.8. The number of hydrogen-bond acceptors (Lipinski definition) is 3. The molecule has 0 aliphatic rings. The van der Waals surface area contributed by atoms with Gasteiger partial charge in [0.15, 0.2) is 0 Å². The van der Waals surface area contributed by atoms with Crippen molar-refractivity contribution in [1.29, 1.82) is 0 Å². The maximum atomic E-state index is 11.2. The SMILES string of the molecule is CCCNC(CCN(C)CCC(C)C)C(N)=O. The Kier molecular flexibility index (Phi) is 9.09. The zero-order valence-corrected chi connectivity index (χ0v) is 11.8. The largest absolute Gasteiger partial charge is 0.368 e. The van der Waals surface area contributed by atoms with Crippen LogP contribution in [0.1, 0.15) is 40.0 Å². The zero-order chi connectivity index (χ0) is 13.3. The fourth-order valence-corrected chi connectivity index (χ4v) is 1.60. The molecular formula is C13H29N3O. The quantitative estimate of drug-likeness (QED) is 0.606. The van der Waals surface area contributed by atoms with Crippen LogP contribution in [-0.2, 0) is 4.79 Å². The van der Waals surface area contributed by atoms with Crippen molar-refractivity contribution in [1.82, 2.24) is 10.2 Å². The van der Waals surface area contributed by atoms with Crippen molar-refractivity contribution >= 4 is 5.91 Å². The Morgan fingerprint density at radius 1 is 1.29 bits per heavy atom. The molecule has 1 unspecified atom stereocenters. The highest BCUT2D eigenvalue weighted by Gasteiger charge is 2.14. The third kappa shape index (κ3) is 9.12. The van der Waals surface area contributed by atoms with E-state index in [-0.39, 0.29) is 11.9 Å². The third-order valence-electron chi connectivity index (χ3n) is 2.87. The molecule has 0 saturated heterocycles. The fraction of sp³-hybridized carbons (Fsp3) is 0.923.